The SMILES string of the molecule is Cc1ccc(-n2c3ccccc3c3ccccc32)cc1-c1cc(-c2ccnc(-c3cc(-n4c5ccc(-c6ccccc6)cc5c5cc(-c6ccccc6)ccc54)ccc3C)c2)ccn1. The minimum Gasteiger partial charge on any atom is -0.309 e. The predicted octanol–water partition coefficient (Wildman–Crippen LogP) is 15.6. The van der Waals surface area contributed by atoms with E-state index in [1.54, 1.807) is 0 Å². The Labute approximate surface area is 372 Å². The monoisotopic (exact) mass is 818 g/mol. The molecule has 0 atom stereocenters. The summed E-state index contributed by atoms with van der Waals surface area (Å²) in [5, 5.41) is 4.94. The lowest BCUT2D eigenvalue weighted by Gasteiger charge is -2.14. The molecule has 0 N–H and O–H groups in total. The van der Waals surface area contributed by atoms with Crippen LogP contribution in [0.2, 0.25) is 0 Å². The lowest BCUT2D eigenvalue weighted by molar-refractivity contribution is 1.17. The predicted molar refractivity (Wildman–Crippen MR) is 267 cm³/mol. The van der Waals surface area contributed by atoms with Gasteiger partial charge in [-0.25, -0.2) is 0 Å². The minimum atomic E-state index is 0.929. The fraction of sp³-hybridized carbons (Fsp3) is 0.0333. The number of rotatable bonds is 7. The van der Waals surface area contributed by atoms with Gasteiger partial charge in [0.25, 0.3) is 0 Å². The molecule has 8 aromatic carbocycles. The van der Waals surface area contributed by atoms with Crippen LogP contribution in [0, 0.1) is 13.8 Å². The molecule has 64 heavy (non-hydrogen) atoms. The zero-order valence-corrected chi connectivity index (χ0v) is 35.6. The van der Waals surface area contributed by atoms with Crippen molar-refractivity contribution in [1.29, 1.82) is 0 Å². The van der Waals surface area contributed by atoms with Crippen molar-refractivity contribution in [3.63, 3.8) is 0 Å². The highest BCUT2D eigenvalue weighted by Crippen LogP contribution is 2.40. The molecule has 0 radical (unpaired) electrons. The van der Waals surface area contributed by atoms with Crippen LogP contribution in [0.15, 0.2) is 219 Å². The summed E-state index contributed by atoms with van der Waals surface area (Å²) in [4.78, 5) is 9.94. The van der Waals surface area contributed by atoms with Crippen molar-refractivity contribution in [2.24, 2.45) is 0 Å². The van der Waals surface area contributed by atoms with Gasteiger partial charge in [0.15, 0.2) is 0 Å². The Hall–Kier alpha value is -8.34. The van der Waals surface area contributed by atoms with Crippen molar-refractivity contribution in [2.75, 3.05) is 0 Å². The van der Waals surface area contributed by atoms with E-state index in [1.165, 1.54) is 77.0 Å². The molecule has 12 rings (SSSR count). The van der Waals surface area contributed by atoms with Crippen LogP contribution in [0.5, 0.6) is 0 Å². The molecule has 0 aliphatic heterocycles. The lowest BCUT2D eigenvalue weighted by atomic mass is 9.98. The number of benzene rings is 8. The van der Waals surface area contributed by atoms with E-state index < -0.39 is 0 Å². The second-order valence-corrected chi connectivity index (χ2v) is 16.8. The molecule has 4 heteroatoms. The Kier molecular flexibility index (Phi) is 8.91. The van der Waals surface area contributed by atoms with E-state index in [-0.39, 0.29) is 0 Å². The summed E-state index contributed by atoms with van der Waals surface area (Å²) in [7, 11) is 0. The molecule has 0 saturated heterocycles. The number of fused-ring (bicyclic) bond motifs is 6. The van der Waals surface area contributed by atoms with Crippen molar-refractivity contribution < 1.29 is 0 Å². The highest BCUT2D eigenvalue weighted by molar-refractivity contribution is 6.12. The number of para-hydroxylation sites is 2. The first-order valence-corrected chi connectivity index (χ1v) is 21.9. The molecule has 0 saturated carbocycles. The topological polar surface area (TPSA) is 35.6 Å². The third-order valence-corrected chi connectivity index (χ3v) is 12.9. The molecule has 4 heterocycles. The van der Waals surface area contributed by atoms with E-state index in [4.69, 9.17) is 9.97 Å². The molecule has 0 fully saturated rings. The number of aromatic nitrogens is 4. The summed E-state index contributed by atoms with van der Waals surface area (Å²) in [5.74, 6) is 0. The third kappa shape index (κ3) is 6.30. The van der Waals surface area contributed by atoms with Crippen molar-refractivity contribution >= 4 is 43.6 Å². The molecule has 302 valence electrons. The quantitative estimate of drug-likeness (QED) is 0.161. The molecule has 0 spiro atoms. The molecule has 0 aliphatic rings. The first kappa shape index (κ1) is 37.4. The van der Waals surface area contributed by atoms with Crippen LogP contribution >= 0.6 is 0 Å². The van der Waals surface area contributed by atoms with Gasteiger partial charge in [-0.1, -0.05) is 121 Å². The molecular formula is C60H42N4. The van der Waals surface area contributed by atoms with Gasteiger partial charge in [-0.2, -0.15) is 0 Å². The van der Waals surface area contributed by atoms with Crippen LogP contribution in [0.4, 0.5) is 0 Å². The molecule has 0 aliphatic carbocycles. The summed E-state index contributed by atoms with van der Waals surface area (Å²) < 4.78 is 4.78. The van der Waals surface area contributed by atoms with Crippen molar-refractivity contribution in [2.45, 2.75) is 13.8 Å². The Bertz CT molecular complexity index is 3590. The largest absolute Gasteiger partial charge is 0.309 e. The molecular weight excluding hydrogens is 777 g/mol. The molecule has 4 nitrogen and oxygen atoms in total. The number of nitrogens with zero attached hydrogens (tertiary/aromatic N) is 4. The summed E-state index contributed by atoms with van der Waals surface area (Å²) >= 11 is 0. The van der Waals surface area contributed by atoms with Gasteiger partial charge in [-0.3, -0.25) is 9.97 Å². The van der Waals surface area contributed by atoms with Crippen LogP contribution in [0.1, 0.15) is 11.1 Å². The highest BCUT2D eigenvalue weighted by atomic mass is 15.0. The van der Waals surface area contributed by atoms with Crippen molar-refractivity contribution in [3.05, 3.63) is 230 Å². The Balaban J connectivity index is 0.942. The fourth-order valence-electron chi connectivity index (χ4n) is 9.69. The first-order valence-electron chi connectivity index (χ1n) is 21.9. The van der Waals surface area contributed by atoms with Crippen molar-refractivity contribution in [3.8, 4) is 67.3 Å². The molecule has 12 aromatic rings. The van der Waals surface area contributed by atoms with Crippen LogP contribution in [0.25, 0.3) is 111 Å². The molecule has 4 aromatic heterocycles. The summed E-state index contributed by atoms with van der Waals surface area (Å²) in [6, 6.07) is 74.5. The third-order valence-electron chi connectivity index (χ3n) is 12.9. The number of hydrogen-bond donors (Lipinski definition) is 0. The average molecular weight is 819 g/mol. The lowest BCUT2D eigenvalue weighted by Crippen LogP contribution is -1.97. The summed E-state index contributed by atoms with van der Waals surface area (Å²) in [6.45, 7) is 4.34. The zero-order valence-electron chi connectivity index (χ0n) is 35.6. The first-order chi connectivity index (χ1) is 31.6. The Morgan fingerprint density at radius 1 is 0.297 bits per heavy atom. The van der Waals surface area contributed by atoms with Crippen LogP contribution in [0.3, 0.4) is 0 Å². The number of hydrogen-bond acceptors (Lipinski definition) is 2. The highest BCUT2D eigenvalue weighted by Gasteiger charge is 2.18. The fourth-order valence-corrected chi connectivity index (χ4v) is 9.69. The van der Waals surface area contributed by atoms with E-state index in [1.807, 2.05) is 12.4 Å². The maximum Gasteiger partial charge on any atom is 0.0711 e. The minimum absolute atomic E-state index is 0.929. The smallest absolute Gasteiger partial charge is 0.0711 e. The van der Waals surface area contributed by atoms with E-state index in [9.17, 15) is 0 Å². The van der Waals surface area contributed by atoms with Gasteiger partial charge in [-0.15, -0.1) is 0 Å². The average Bonchev–Trinajstić information content (AvgIpc) is 3.87. The zero-order chi connectivity index (χ0) is 42.7. The number of aryl methyl sites for hydroxylation is 2. The van der Waals surface area contributed by atoms with E-state index in [0.717, 1.165) is 45.0 Å². The van der Waals surface area contributed by atoms with E-state index in [2.05, 4.69) is 229 Å². The Morgan fingerprint density at radius 3 is 1.14 bits per heavy atom. The summed E-state index contributed by atoms with van der Waals surface area (Å²) in [6.07, 6.45) is 3.86. The molecule has 0 unspecified atom stereocenters. The van der Waals surface area contributed by atoms with Gasteiger partial charge in [0, 0.05) is 56.4 Å². The van der Waals surface area contributed by atoms with Crippen molar-refractivity contribution in [1.82, 2.24) is 19.1 Å². The standard InChI is InChI=1S/C60H42N4/c1-39-21-25-47(63-57-19-11-9-17-49(57)50-18-10-12-20-58(50)63)37-51(39)55-35-45(29-31-61-55)46-30-32-62-56(36-46)52-38-48(26-22-40(52)2)64-59-27-23-43(41-13-5-3-6-14-41)33-53(59)54-34-44(24-28-60(54)64)42-15-7-4-8-16-42/h3-38H,1-2H3. The van der Waals surface area contributed by atoms with Gasteiger partial charge in [0.2, 0.25) is 0 Å². The molecule has 0 amide bonds. The summed E-state index contributed by atoms with van der Waals surface area (Å²) in [5.41, 5.74) is 20.3. The second-order valence-electron chi connectivity index (χ2n) is 16.8. The molecule has 0 bridgehead atoms. The second kappa shape index (κ2) is 15.2. The normalized spacial score (nSPS) is 11.6. The van der Waals surface area contributed by atoms with E-state index in [0.29, 0.717) is 0 Å². The van der Waals surface area contributed by atoms with Gasteiger partial charge >= 0.3 is 0 Å². The van der Waals surface area contributed by atoms with Crippen LogP contribution in [-0.2, 0) is 0 Å². The Morgan fingerprint density at radius 2 is 0.688 bits per heavy atom. The number of pyridine rings is 2. The van der Waals surface area contributed by atoms with Gasteiger partial charge in [0.05, 0.1) is 33.5 Å². The van der Waals surface area contributed by atoms with Gasteiger partial charge < -0.3 is 9.13 Å². The van der Waals surface area contributed by atoms with Crippen LogP contribution < -0.4 is 0 Å². The maximum absolute atomic E-state index is 4.99. The van der Waals surface area contributed by atoms with Crippen LogP contribution in [-0.4, -0.2) is 19.1 Å². The maximum atomic E-state index is 4.99. The van der Waals surface area contributed by atoms with Gasteiger partial charge in [-0.05, 0) is 143 Å². The van der Waals surface area contributed by atoms with Gasteiger partial charge in [0.1, 0.15) is 0 Å². The van der Waals surface area contributed by atoms with E-state index >= 15 is 0 Å².